The van der Waals surface area contributed by atoms with Gasteiger partial charge in [0.2, 0.25) is 0 Å². The average molecular weight is 393 g/mol. The summed E-state index contributed by atoms with van der Waals surface area (Å²) < 4.78 is 0. The zero-order valence-corrected chi connectivity index (χ0v) is 19.0. The number of aliphatic hydroxyl groups excluding tert-OH is 3. The summed E-state index contributed by atoms with van der Waals surface area (Å²) in [6, 6.07) is 0. The fraction of sp³-hybridized carbons (Fsp3) is 0.840. The van der Waals surface area contributed by atoms with Crippen LogP contribution in [0.4, 0.5) is 0 Å². The fourth-order valence-electron chi connectivity index (χ4n) is 5.48. The van der Waals surface area contributed by atoms with Crippen LogP contribution in [-0.4, -0.2) is 33.6 Å². The first kappa shape index (κ1) is 23.6. The zero-order chi connectivity index (χ0) is 21.1. The van der Waals surface area contributed by atoms with Crippen molar-refractivity contribution in [3.8, 4) is 0 Å². The molecule has 3 nitrogen and oxygen atoms in total. The van der Waals surface area contributed by atoms with Crippen LogP contribution in [0.3, 0.4) is 0 Å². The molecule has 3 heteroatoms. The highest BCUT2D eigenvalue weighted by Gasteiger charge is 2.52. The summed E-state index contributed by atoms with van der Waals surface area (Å²) in [5.74, 6) is 1.44. The molecule has 0 aromatic rings. The Labute approximate surface area is 172 Å². The van der Waals surface area contributed by atoms with Crippen molar-refractivity contribution < 1.29 is 15.3 Å². The van der Waals surface area contributed by atoms with Crippen molar-refractivity contribution >= 4 is 0 Å². The van der Waals surface area contributed by atoms with Crippen molar-refractivity contribution in [3.63, 3.8) is 0 Å². The Morgan fingerprint density at radius 2 is 1.64 bits per heavy atom. The highest BCUT2D eigenvalue weighted by molar-refractivity contribution is 5.19. The third-order valence-corrected chi connectivity index (χ3v) is 8.34. The molecule has 0 aromatic carbocycles. The number of hydrogen-bond donors (Lipinski definition) is 3. The third kappa shape index (κ3) is 5.29. The Hall–Kier alpha value is -0.640. The highest BCUT2D eigenvalue weighted by Crippen LogP contribution is 2.60. The lowest BCUT2D eigenvalue weighted by molar-refractivity contribution is 0.0277. The van der Waals surface area contributed by atoms with Crippen molar-refractivity contribution in [1.82, 2.24) is 0 Å². The van der Waals surface area contributed by atoms with Gasteiger partial charge in [-0.05, 0) is 73.5 Å². The Bertz CT molecular complexity index is 550. The summed E-state index contributed by atoms with van der Waals surface area (Å²) in [5.41, 5.74) is 1.62. The molecule has 6 atom stereocenters. The van der Waals surface area contributed by atoms with E-state index in [-0.39, 0.29) is 16.9 Å². The van der Waals surface area contributed by atoms with Crippen LogP contribution in [0.1, 0.15) is 86.5 Å². The summed E-state index contributed by atoms with van der Waals surface area (Å²) in [6.07, 6.45) is 11.9. The van der Waals surface area contributed by atoms with E-state index in [2.05, 4.69) is 59.8 Å². The number of rotatable bonds is 7. The number of hydrogen-bond acceptors (Lipinski definition) is 3. The van der Waals surface area contributed by atoms with E-state index >= 15 is 0 Å². The van der Waals surface area contributed by atoms with Crippen LogP contribution >= 0.6 is 0 Å². The summed E-state index contributed by atoms with van der Waals surface area (Å²) in [5, 5.41) is 29.9. The van der Waals surface area contributed by atoms with Gasteiger partial charge in [0, 0.05) is 0 Å². The molecule has 0 saturated heterocycles. The first-order valence-corrected chi connectivity index (χ1v) is 11.4. The molecule has 28 heavy (non-hydrogen) atoms. The molecule has 0 bridgehead atoms. The minimum absolute atomic E-state index is 0.195. The van der Waals surface area contributed by atoms with Gasteiger partial charge in [-0.1, -0.05) is 65.3 Å². The van der Waals surface area contributed by atoms with Crippen LogP contribution in [0.25, 0.3) is 0 Å². The average Bonchev–Trinajstić information content (AvgIpc) is 2.82. The second kappa shape index (κ2) is 9.45. The van der Waals surface area contributed by atoms with Gasteiger partial charge < -0.3 is 15.3 Å². The Balaban J connectivity index is 2.01. The van der Waals surface area contributed by atoms with Crippen molar-refractivity contribution in [2.24, 2.45) is 28.6 Å². The first-order valence-electron chi connectivity index (χ1n) is 11.4. The Morgan fingerprint density at radius 3 is 2.21 bits per heavy atom. The highest BCUT2D eigenvalue weighted by atomic mass is 16.3. The predicted molar refractivity (Wildman–Crippen MR) is 117 cm³/mol. The van der Waals surface area contributed by atoms with E-state index in [0.29, 0.717) is 37.0 Å². The Morgan fingerprint density at radius 1 is 1.04 bits per heavy atom. The van der Waals surface area contributed by atoms with Gasteiger partial charge >= 0.3 is 0 Å². The molecule has 1 unspecified atom stereocenters. The lowest BCUT2D eigenvalue weighted by atomic mass is 9.59. The fourth-order valence-corrected chi connectivity index (χ4v) is 5.48. The van der Waals surface area contributed by atoms with Crippen molar-refractivity contribution in [1.29, 1.82) is 0 Å². The molecule has 0 aromatic heterocycles. The minimum Gasteiger partial charge on any atom is -0.393 e. The maximum atomic E-state index is 10.2. The van der Waals surface area contributed by atoms with Gasteiger partial charge in [-0.15, -0.1) is 0 Å². The van der Waals surface area contributed by atoms with Crippen LogP contribution < -0.4 is 0 Å². The van der Waals surface area contributed by atoms with Gasteiger partial charge in [-0.3, -0.25) is 0 Å². The van der Waals surface area contributed by atoms with E-state index in [9.17, 15) is 15.3 Å². The van der Waals surface area contributed by atoms with E-state index in [0.717, 1.165) is 18.4 Å². The molecule has 162 valence electrons. The van der Waals surface area contributed by atoms with E-state index in [1.165, 1.54) is 12.8 Å². The molecule has 2 rings (SSSR count). The smallest absolute Gasteiger partial charge is 0.0602 e. The summed E-state index contributed by atoms with van der Waals surface area (Å²) in [7, 11) is 0. The molecular formula is C25H44O3. The molecule has 0 amide bonds. The van der Waals surface area contributed by atoms with Gasteiger partial charge in [0.05, 0.1) is 18.3 Å². The van der Waals surface area contributed by atoms with Crippen LogP contribution in [0, 0.1) is 28.6 Å². The quantitative estimate of drug-likeness (QED) is 0.554. The monoisotopic (exact) mass is 392 g/mol. The lowest BCUT2D eigenvalue weighted by Gasteiger charge is -2.46. The molecule has 0 aliphatic heterocycles. The van der Waals surface area contributed by atoms with Crippen molar-refractivity contribution in [3.05, 3.63) is 23.8 Å². The lowest BCUT2D eigenvalue weighted by Crippen LogP contribution is -2.39. The first-order chi connectivity index (χ1) is 13.0. The minimum atomic E-state index is -0.406. The number of allylic oxidation sites excluding steroid dienone is 3. The molecule has 0 radical (unpaired) electrons. The van der Waals surface area contributed by atoms with E-state index in [4.69, 9.17) is 0 Å². The van der Waals surface area contributed by atoms with Crippen LogP contribution in [0.15, 0.2) is 23.8 Å². The van der Waals surface area contributed by atoms with Gasteiger partial charge in [0.1, 0.15) is 0 Å². The molecular weight excluding hydrogens is 348 g/mol. The zero-order valence-electron chi connectivity index (χ0n) is 19.0. The molecule has 0 spiro atoms. The van der Waals surface area contributed by atoms with Gasteiger partial charge in [-0.2, -0.15) is 0 Å². The normalized spacial score (nSPS) is 35.5. The van der Waals surface area contributed by atoms with Crippen molar-refractivity contribution in [2.45, 2.75) is 105 Å². The SMILES string of the molecule is CC(C)[C@H](O)CC[C@H](C)[C@]1(C)CCC(/C=C/C=C2C[C@@H](O)C[C@H](O)C2)C1(C)C. The Kier molecular flexibility index (Phi) is 7.98. The summed E-state index contributed by atoms with van der Waals surface area (Å²) in [6.45, 7) is 13.8. The maximum Gasteiger partial charge on any atom is 0.0602 e. The second-order valence-corrected chi connectivity index (χ2v) is 10.7. The summed E-state index contributed by atoms with van der Waals surface area (Å²) in [4.78, 5) is 0. The third-order valence-electron chi connectivity index (χ3n) is 8.34. The second-order valence-electron chi connectivity index (χ2n) is 10.7. The van der Waals surface area contributed by atoms with Gasteiger partial charge in [0.15, 0.2) is 0 Å². The van der Waals surface area contributed by atoms with Crippen LogP contribution in [-0.2, 0) is 0 Å². The van der Waals surface area contributed by atoms with Crippen LogP contribution in [0.5, 0.6) is 0 Å². The molecule has 3 N–H and O–H groups in total. The van der Waals surface area contributed by atoms with Crippen LogP contribution in [0.2, 0.25) is 0 Å². The molecule has 2 aliphatic carbocycles. The summed E-state index contributed by atoms with van der Waals surface area (Å²) >= 11 is 0. The molecule has 2 saturated carbocycles. The van der Waals surface area contributed by atoms with Gasteiger partial charge in [-0.25, -0.2) is 0 Å². The molecule has 2 aliphatic rings. The topological polar surface area (TPSA) is 60.7 Å². The van der Waals surface area contributed by atoms with Gasteiger partial charge in [0.25, 0.3) is 0 Å². The largest absolute Gasteiger partial charge is 0.393 e. The van der Waals surface area contributed by atoms with E-state index < -0.39 is 12.2 Å². The van der Waals surface area contributed by atoms with E-state index in [1.54, 1.807) is 0 Å². The maximum absolute atomic E-state index is 10.2. The molecule has 0 heterocycles. The number of aliphatic hydroxyl groups is 3. The predicted octanol–water partition coefficient (Wildman–Crippen LogP) is 5.25. The van der Waals surface area contributed by atoms with Crippen molar-refractivity contribution in [2.75, 3.05) is 0 Å². The van der Waals surface area contributed by atoms with E-state index in [1.807, 2.05) is 0 Å². The standard InChI is InChI=1S/C25H44O3/c1-17(2)23(28)11-10-18(3)25(6)13-12-20(24(25,4)5)9-7-8-19-14-21(26)16-22(27)15-19/h7-9,17-18,20-23,26-28H,10-16H2,1-6H3/b9-7+/t18-,20?,21+,22+,23+,25-/m0/s1. The molecule has 2 fully saturated rings.